The van der Waals surface area contributed by atoms with Crippen LogP contribution in [0.1, 0.15) is 12.5 Å². The molecular formula is C10H12BrNO3. The molecule has 1 rings (SSSR count). The topological polar surface area (TPSA) is 48.4 Å². The van der Waals surface area contributed by atoms with Gasteiger partial charge in [0.25, 0.3) is 0 Å². The molecule has 0 fully saturated rings. The van der Waals surface area contributed by atoms with Crippen molar-refractivity contribution in [3.63, 3.8) is 0 Å². The molecule has 0 saturated heterocycles. The highest BCUT2D eigenvalue weighted by atomic mass is 79.9. The van der Waals surface area contributed by atoms with Crippen LogP contribution in [-0.2, 0) is 20.9 Å². The summed E-state index contributed by atoms with van der Waals surface area (Å²) in [5.41, 5.74) is 0.979. The number of hydrogen-bond donors (Lipinski definition) is 0. The minimum atomic E-state index is -0.289. The largest absolute Gasteiger partial charge is 0.463 e. The molecule has 1 heterocycles. The fraction of sp³-hybridized carbons (Fsp3) is 0.400. The van der Waals surface area contributed by atoms with Gasteiger partial charge in [-0.2, -0.15) is 0 Å². The first-order chi connectivity index (χ1) is 7.18. The summed E-state index contributed by atoms with van der Waals surface area (Å²) in [5.74, 6) is -0.289. The molecule has 0 N–H and O–H groups in total. The van der Waals surface area contributed by atoms with E-state index < -0.39 is 0 Å². The molecule has 0 spiro atoms. The number of aromatic nitrogens is 1. The van der Waals surface area contributed by atoms with Gasteiger partial charge >= 0.3 is 5.97 Å². The molecule has 4 nitrogen and oxygen atoms in total. The highest BCUT2D eigenvalue weighted by molar-refractivity contribution is 9.10. The third-order valence-corrected chi connectivity index (χ3v) is 2.00. The Balaban J connectivity index is 2.17. The van der Waals surface area contributed by atoms with Crippen LogP contribution in [0.25, 0.3) is 0 Å². The molecule has 0 radical (unpaired) electrons. The van der Waals surface area contributed by atoms with E-state index in [2.05, 4.69) is 20.9 Å². The van der Waals surface area contributed by atoms with Gasteiger partial charge < -0.3 is 9.47 Å². The number of carbonyl (C=O) groups excluding carboxylic acids is 1. The molecule has 0 aromatic carbocycles. The van der Waals surface area contributed by atoms with E-state index in [-0.39, 0.29) is 12.6 Å². The van der Waals surface area contributed by atoms with Crippen molar-refractivity contribution in [1.82, 2.24) is 4.98 Å². The van der Waals surface area contributed by atoms with Crippen molar-refractivity contribution in [1.29, 1.82) is 0 Å². The van der Waals surface area contributed by atoms with Gasteiger partial charge in [-0.25, -0.2) is 0 Å². The maximum atomic E-state index is 10.4. The molecule has 0 saturated carbocycles. The summed E-state index contributed by atoms with van der Waals surface area (Å²) < 4.78 is 10.9. The van der Waals surface area contributed by atoms with Crippen molar-refractivity contribution < 1.29 is 14.3 Å². The van der Waals surface area contributed by atoms with Crippen LogP contribution in [0.2, 0.25) is 0 Å². The molecular weight excluding hydrogens is 262 g/mol. The number of nitrogens with zero attached hydrogens (tertiary/aromatic N) is 1. The lowest BCUT2D eigenvalue weighted by atomic mass is 10.3. The predicted molar refractivity (Wildman–Crippen MR) is 58.2 cm³/mol. The van der Waals surface area contributed by atoms with Gasteiger partial charge in [0, 0.05) is 23.8 Å². The van der Waals surface area contributed by atoms with E-state index in [1.54, 1.807) is 12.4 Å². The van der Waals surface area contributed by atoms with Crippen molar-refractivity contribution in [3.8, 4) is 0 Å². The lowest BCUT2D eigenvalue weighted by Gasteiger charge is -2.04. The second-order valence-corrected chi connectivity index (χ2v) is 3.82. The average molecular weight is 274 g/mol. The molecule has 0 amide bonds. The number of carbonyl (C=O) groups is 1. The van der Waals surface area contributed by atoms with E-state index in [0.717, 1.165) is 10.0 Å². The van der Waals surface area contributed by atoms with Crippen LogP contribution in [0, 0.1) is 0 Å². The Hall–Kier alpha value is -0.940. The molecule has 15 heavy (non-hydrogen) atoms. The minimum Gasteiger partial charge on any atom is -0.463 e. The molecule has 0 unspecified atom stereocenters. The van der Waals surface area contributed by atoms with Crippen molar-refractivity contribution in [2.75, 3.05) is 13.2 Å². The lowest BCUT2D eigenvalue weighted by molar-refractivity contribution is -0.142. The lowest BCUT2D eigenvalue weighted by Crippen LogP contribution is -2.07. The Morgan fingerprint density at radius 3 is 2.93 bits per heavy atom. The molecule has 1 aromatic rings. The smallest absolute Gasteiger partial charge is 0.302 e. The van der Waals surface area contributed by atoms with E-state index in [9.17, 15) is 4.79 Å². The second kappa shape index (κ2) is 6.53. The Labute approximate surface area is 96.7 Å². The van der Waals surface area contributed by atoms with Gasteiger partial charge in [-0.05, 0) is 27.6 Å². The van der Waals surface area contributed by atoms with Crippen LogP contribution in [0.4, 0.5) is 0 Å². The van der Waals surface area contributed by atoms with Crippen molar-refractivity contribution in [2.45, 2.75) is 13.5 Å². The van der Waals surface area contributed by atoms with Gasteiger partial charge in [-0.15, -0.1) is 0 Å². The molecule has 0 aliphatic rings. The Morgan fingerprint density at radius 1 is 1.47 bits per heavy atom. The average Bonchev–Trinajstić information content (AvgIpc) is 2.17. The molecule has 1 aromatic heterocycles. The van der Waals surface area contributed by atoms with Crippen LogP contribution in [0.5, 0.6) is 0 Å². The number of esters is 1. The summed E-state index contributed by atoms with van der Waals surface area (Å²) in [5, 5.41) is 0. The maximum absolute atomic E-state index is 10.4. The number of hydrogen-bond acceptors (Lipinski definition) is 4. The molecule has 0 aliphatic heterocycles. The third kappa shape index (κ3) is 5.49. The Bertz CT molecular complexity index is 330. The third-order valence-electron chi connectivity index (χ3n) is 1.56. The number of ether oxygens (including phenoxy) is 2. The quantitative estimate of drug-likeness (QED) is 0.608. The van der Waals surface area contributed by atoms with E-state index in [1.165, 1.54) is 6.92 Å². The summed E-state index contributed by atoms with van der Waals surface area (Å²) in [6.07, 6.45) is 3.44. The van der Waals surface area contributed by atoms with Crippen LogP contribution < -0.4 is 0 Å². The van der Waals surface area contributed by atoms with Gasteiger partial charge in [-0.1, -0.05) is 0 Å². The zero-order chi connectivity index (χ0) is 11.1. The summed E-state index contributed by atoms with van der Waals surface area (Å²) in [4.78, 5) is 14.4. The number of rotatable bonds is 5. The molecule has 0 bridgehead atoms. The van der Waals surface area contributed by atoms with Gasteiger partial charge in [0.05, 0.1) is 13.2 Å². The zero-order valence-corrected chi connectivity index (χ0v) is 9.99. The van der Waals surface area contributed by atoms with E-state index in [0.29, 0.717) is 13.2 Å². The van der Waals surface area contributed by atoms with Crippen LogP contribution in [0.3, 0.4) is 0 Å². The fourth-order valence-corrected chi connectivity index (χ4v) is 1.38. The monoisotopic (exact) mass is 273 g/mol. The first-order valence-electron chi connectivity index (χ1n) is 4.49. The molecule has 0 aliphatic carbocycles. The number of pyridine rings is 1. The van der Waals surface area contributed by atoms with Crippen LogP contribution >= 0.6 is 15.9 Å². The highest BCUT2D eigenvalue weighted by Gasteiger charge is 1.96. The number of halogens is 1. The zero-order valence-electron chi connectivity index (χ0n) is 8.40. The van der Waals surface area contributed by atoms with Crippen LogP contribution in [-0.4, -0.2) is 24.2 Å². The van der Waals surface area contributed by atoms with E-state index >= 15 is 0 Å². The fourth-order valence-electron chi connectivity index (χ4n) is 0.969. The van der Waals surface area contributed by atoms with E-state index in [1.807, 2.05) is 6.07 Å². The maximum Gasteiger partial charge on any atom is 0.302 e. The summed E-state index contributed by atoms with van der Waals surface area (Å²) in [6, 6.07) is 1.93. The second-order valence-electron chi connectivity index (χ2n) is 2.90. The molecule has 5 heteroatoms. The van der Waals surface area contributed by atoms with E-state index in [4.69, 9.17) is 9.47 Å². The summed E-state index contributed by atoms with van der Waals surface area (Å²) in [7, 11) is 0. The Morgan fingerprint density at radius 2 is 2.27 bits per heavy atom. The minimum absolute atomic E-state index is 0.288. The van der Waals surface area contributed by atoms with Crippen molar-refractivity contribution >= 4 is 21.9 Å². The standard InChI is InChI=1S/C10H12BrNO3/c1-8(13)15-3-2-14-7-9-4-10(11)6-12-5-9/h4-6H,2-3,7H2,1H3. The molecule has 0 atom stereocenters. The molecule has 82 valence electrons. The summed E-state index contributed by atoms with van der Waals surface area (Å²) >= 11 is 3.32. The van der Waals surface area contributed by atoms with Crippen molar-refractivity contribution in [3.05, 3.63) is 28.5 Å². The first-order valence-corrected chi connectivity index (χ1v) is 5.28. The van der Waals surface area contributed by atoms with Gasteiger partial charge in [0.2, 0.25) is 0 Å². The van der Waals surface area contributed by atoms with Gasteiger partial charge in [-0.3, -0.25) is 9.78 Å². The predicted octanol–water partition coefficient (Wildman–Crippen LogP) is 1.92. The summed E-state index contributed by atoms with van der Waals surface area (Å²) in [6.45, 7) is 2.52. The van der Waals surface area contributed by atoms with Gasteiger partial charge in [0.1, 0.15) is 6.61 Å². The van der Waals surface area contributed by atoms with Crippen molar-refractivity contribution in [2.24, 2.45) is 0 Å². The highest BCUT2D eigenvalue weighted by Crippen LogP contribution is 2.10. The SMILES string of the molecule is CC(=O)OCCOCc1cncc(Br)c1. The van der Waals surface area contributed by atoms with Gasteiger partial charge in [0.15, 0.2) is 0 Å². The normalized spacial score (nSPS) is 10.0. The first kappa shape index (κ1) is 12.1. The van der Waals surface area contributed by atoms with Crippen LogP contribution in [0.15, 0.2) is 22.9 Å². The Kier molecular flexibility index (Phi) is 5.28.